The van der Waals surface area contributed by atoms with E-state index < -0.39 is 0 Å². The fourth-order valence-corrected chi connectivity index (χ4v) is 1.90. The molecular formula is C11H18N2O. The lowest BCUT2D eigenvalue weighted by Gasteiger charge is -2.02. The highest BCUT2D eigenvalue weighted by atomic mass is 16.5. The minimum Gasteiger partial charge on any atom is -0.359 e. The molecular weight excluding hydrogens is 176 g/mol. The molecule has 3 heteroatoms. The van der Waals surface area contributed by atoms with Gasteiger partial charge >= 0.3 is 0 Å². The molecule has 0 bridgehead atoms. The zero-order valence-electron chi connectivity index (χ0n) is 8.75. The Balaban J connectivity index is 1.94. The van der Waals surface area contributed by atoms with Crippen molar-refractivity contribution in [2.75, 3.05) is 6.54 Å². The summed E-state index contributed by atoms with van der Waals surface area (Å²) in [6, 6.07) is 2.52. The van der Waals surface area contributed by atoms with E-state index in [0.717, 1.165) is 24.4 Å². The summed E-state index contributed by atoms with van der Waals surface area (Å²) in [7, 11) is 0. The van der Waals surface area contributed by atoms with Gasteiger partial charge in [0.25, 0.3) is 0 Å². The fraction of sp³-hybridized carbons (Fsp3) is 0.727. The molecule has 0 aliphatic carbocycles. The van der Waals surface area contributed by atoms with E-state index in [2.05, 4.69) is 23.5 Å². The van der Waals surface area contributed by atoms with Gasteiger partial charge in [0.1, 0.15) is 0 Å². The SMILES string of the molecule is CCCCc1cc(C2CCCN2)on1. The Morgan fingerprint density at radius 1 is 1.64 bits per heavy atom. The topological polar surface area (TPSA) is 38.1 Å². The molecule has 1 fully saturated rings. The number of hydrogen-bond acceptors (Lipinski definition) is 3. The standard InChI is InChI=1S/C11H18N2O/c1-2-3-5-9-8-11(14-13-9)10-6-4-7-12-10/h8,10,12H,2-7H2,1H3. The lowest BCUT2D eigenvalue weighted by Crippen LogP contribution is -2.11. The van der Waals surface area contributed by atoms with Gasteiger partial charge in [-0.05, 0) is 32.2 Å². The summed E-state index contributed by atoms with van der Waals surface area (Å²) in [6.45, 7) is 3.30. The number of nitrogens with zero attached hydrogens (tertiary/aromatic N) is 1. The number of rotatable bonds is 4. The van der Waals surface area contributed by atoms with Crippen molar-refractivity contribution in [3.05, 3.63) is 17.5 Å². The van der Waals surface area contributed by atoms with E-state index in [1.54, 1.807) is 0 Å². The van der Waals surface area contributed by atoms with Crippen molar-refractivity contribution in [1.82, 2.24) is 10.5 Å². The van der Waals surface area contributed by atoms with Crippen LogP contribution in [0.4, 0.5) is 0 Å². The van der Waals surface area contributed by atoms with E-state index >= 15 is 0 Å². The van der Waals surface area contributed by atoms with Crippen LogP contribution in [0.1, 0.15) is 50.1 Å². The number of aryl methyl sites for hydroxylation is 1. The van der Waals surface area contributed by atoms with Crippen LogP contribution < -0.4 is 5.32 Å². The molecule has 78 valence electrons. The third-order valence-electron chi connectivity index (χ3n) is 2.77. The monoisotopic (exact) mass is 194 g/mol. The maximum absolute atomic E-state index is 5.33. The summed E-state index contributed by atoms with van der Waals surface area (Å²) >= 11 is 0. The maximum atomic E-state index is 5.33. The molecule has 1 saturated heterocycles. The summed E-state index contributed by atoms with van der Waals surface area (Å²) in [5.74, 6) is 1.02. The van der Waals surface area contributed by atoms with Gasteiger partial charge in [-0.2, -0.15) is 0 Å². The highest BCUT2D eigenvalue weighted by molar-refractivity contribution is 5.10. The normalized spacial score (nSPS) is 21.6. The van der Waals surface area contributed by atoms with Crippen LogP contribution in [0.2, 0.25) is 0 Å². The van der Waals surface area contributed by atoms with E-state index in [0.29, 0.717) is 6.04 Å². The van der Waals surface area contributed by atoms with E-state index in [1.807, 2.05) is 0 Å². The average Bonchev–Trinajstić information content (AvgIpc) is 2.85. The highest BCUT2D eigenvalue weighted by Gasteiger charge is 2.20. The molecule has 1 atom stereocenters. The van der Waals surface area contributed by atoms with Crippen LogP contribution in [0, 0.1) is 0 Å². The number of nitrogens with one attached hydrogen (secondary N) is 1. The van der Waals surface area contributed by atoms with E-state index in [1.165, 1.54) is 25.7 Å². The van der Waals surface area contributed by atoms with E-state index in [4.69, 9.17) is 4.52 Å². The van der Waals surface area contributed by atoms with Gasteiger partial charge < -0.3 is 9.84 Å². The molecule has 3 nitrogen and oxygen atoms in total. The van der Waals surface area contributed by atoms with Crippen LogP contribution in [0.5, 0.6) is 0 Å². The van der Waals surface area contributed by atoms with Crippen molar-refractivity contribution in [3.8, 4) is 0 Å². The molecule has 14 heavy (non-hydrogen) atoms. The first-order valence-electron chi connectivity index (χ1n) is 5.59. The molecule has 0 amide bonds. The van der Waals surface area contributed by atoms with Gasteiger partial charge in [-0.3, -0.25) is 0 Å². The molecule has 0 spiro atoms. The van der Waals surface area contributed by atoms with Crippen molar-refractivity contribution in [1.29, 1.82) is 0 Å². The van der Waals surface area contributed by atoms with Gasteiger partial charge in [0.15, 0.2) is 5.76 Å². The van der Waals surface area contributed by atoms with E-state index in [-0.39, 0.29) is 0 Å². The zero-order valence-corrected chi connectivity index (χ0v) is 8.75. The van der Waals surface area contributed by atoms with Gasteiger partial charge in [-0.15, -0.1) is 0 Å². The minimum absolute atomic E-state index is 0.415. The third-order valence-corrected chi connectivity index (χ3v) is 2.77. The summed E-state index contributed by atoms with van der Waals surface area (Å²) < 4.78 is 5.33. The maximum Gasteiger partial charge on any atom is 0.153 e. The fourth-order valence-electron chi connectivity index (χ4n) is 1.90. The summed E-state index contributed by atoms with van der Waals surface area (Å²) in [5, 5.41) is 7.49. The van der Waals surface area contributed by atoms with Crippen molar-refractivity contribution >= 4 is 0 Å². The second-order valence-corrected chi connectivity index (χ2v) is 3.97. The van der Waals surface area contributed by atoms with Crippen molar-refractivity contribution < 1.29 is 4.52 Å². The molecule has 1 aromatic heterocycles. The quantitative estimate of drug-likeness (QED) is 0.800. The Kier molecular flexibility index (Phi) is 3.19. The number of aromatic nitrogens is 1. The van der Waals surface area contributed by atoms with Gasteiger partial charge in [-0.1, -0.05) is 18.5 Å². The first kappa shape index (κ1) is 9.71. The molecule has 1 N–H and O–H groups in total. The van der Waals surface area contributed by atoms with Crippen LogP contribution in [-0.4, -0.2) is 11.7 Å². The van der Waals surface area contributed by atoms with Gasteiger partial charge in [0, 0.05) is 6.07 Å². The smallest absolute Gasteiger partial charge is 0.153 e. The van der Waals surface area contributed by atoms with Crippen molar-refractivity contribution in [2.24, 2.45) is 0 Å². The number of hydrogen-bond donors (Lipinski definition) is 1. The Bertz CT molecular complexity index is 277. The Morgan fingerprint density at radius 2 is 2.57 bits per heavy atom. The van der Waals surface area contributed by atoms with Crippen LogP contribution in [0.3, 0.4) is 0 Å². The Labute approximate surface area is 84.9 Å². The van der Waals surface area contributed by atoms with Crippen LogP contribution in [-0.2, 0) is 6.42 Å². The van der Waals surface area contributed by atoms with Crippen molar-refractivity contribution in [3.63, 3.8) is 0 Å². The third kappa shape index (κ3) is 2.15. The van der Waals surface area contributed by atoms with Gasteiger partial charge in [0.05, 0.1) is 11.7 Å². The first-order valence-corrected chi connectivity index (χ1v) is 5.59. The average molecular weight is 194 g/mol. The number of unbranched alkanes of at least 4 members (excludes halogenated alkanes) is 1. The zero-order chi connectivity index (χ0) is 9.80. The molecule has 2 rings (SSSR count). The van der Waals surface area contributed by atoms with Crippen molar-refractivity contribution in [2.45, 2.75) is 45.1 Å². The molecule has 2 heterocycles. The molecule has 1 aliphatic heterocycles. The van der Waals surface area contributed by atoms with Gasteiger partial charge in [-0.25, -0.2) is 0 Å². The molecule has 1 unspecified atom stereocenters. The predicted molar refractivity (Wildman–Crippen MR) is 55.1 cm³/mol. The molecule has 1 aromatic rings. The minimum atomic E-state index is 0.415. The van der Waals surface area contributed by atoms with E-state index in [9.17, 15) is 0 Å². The van der Waals surface area contributed by atoms with Gasteiger partial charge in [0.2, 0.25) is 0 Å². The molecule has 0 saturated carbocycles. The molecule has 1 aliphatic rings. The van der Waals surface area contributed by atoms with Crippen LogP contribution in [0.15, 0.2) is 10.6 Å². The molecule has 0 aromatic carbocycles. The Morgan fingerprint density at radius 3 is 3.29 bits per heavy atom. The second-order valence-electron chi connectivity index (χ2n) is 3.97. The lowest BCUT2D eigenvalue weighted by atomic mass is 10.1. The Hall–Kier alpha value is -0.830. The largest absolute Gasteiger partial charge is 0.359 e. The summed E-state index contributed by atoms with van der Waals surface area (Å²) in [5.41, 5.74) is 1.11. The second kappa shape index (κ2) is 4.60. The highest BCUT2D eigenvalue weighted by Crippen LogP contribution is 2.23. The predicted octanol–water partition coefficient (Wildman–Crippen LogP) is 2.44. The molecule has 0 radical (unpaired) electrons. The van der Waals surface area contributed by atoms with Crippen LogP contribution in [0.25, 0.3) is 0 Å². The summed E-state index contributed by atoms with van der Waals surface area (Å²) in [4.78, 5) is 0. The first-order chi connectivity index (χ1) is 6.90. The summed E-state index contributed by atoms with van der Waals surface area (Å²) in [6.07, 6.45) is 5.89. The van der Waals surface area contributed by atoms with Crippen LogP contribution >= 0.6 is 0 Å². The lowest BCUT2D eigenvalue weighted by molar-refractivity contribution is 0.347.